The van der Waals surface area contributed by atoms with Gasteiger partial charge >= 0.3 is 0 Å². The SMILES string of the molecule is CCNC(=O)[C@H]1CCN(Cc2nc(-c3cccc(Oc4ccccc4)c3)oc2C)C1. The molecule has 1 saturated heterocycles. The number of benzene rings is 2. The number of oxazole rings is 1. The summed E-state index contributed by atoms with van der Waals surface area (Å²) in [5, 5.41) is 2.92. The molecule has 6 nitrogen and oxygen atoms in total. The van der Waals surface area contributed by atoms with E-state index in [1.165, 1.54) is 0 Å². The topological polar surface area (TPSA) is 67.6 Å². The van der Waals surface area contributed by atoms with E-state index in [2.05, 4.69) is 10.2 Å². The monoisotopic (exact) mass is 405 g/mol. The summed E-state index contributed by atoms with van der Waals surface area (Å²) in [6.45, 7) is 6.90. The first-order valence-corrected chi connectivity index (χ1v) is 10.4. The Morgan fingerprint density at radius 1 is 1.20 bits per heavy atom. The third kappa shape index (κ3) is 4.71. The summed E-state index contributed by atoms with van der Waals surface area (Å²) in [5.41, 5.74) is 1.79. The second-order valence-corrected chi connectivity index (χ2v) is 7.58. The van der Waals surface area contributed by atoms with Crippen molar-refractivity contribution in [3.8, 4) is 23.0 Å². The van der Waals surface area contributed by atoms with Gasteiger partial charge < -0.3 is 14.5 Å². The fourth-order valence-electron chi connectivity index (χ4n) is 3.74. The Labute approximate surface area is 176 Å². The van der Waals surface area contributed by atoms with Gasteiger partial charge in [-0.15, -0.1) is 0 Å². The summed E-state index contributed by atoms with van der Waals surface area (Å²) >= 11 is 0. The molecule has 1 atom stereocenters. The summed E-state index contributed by atoms with van der Waals surface area (Å²) in [5.74, 6) is 3.12. The Balaban J connectivity index is 1.44. The van der Waals surface area contributed by atoms with Crippen LogP contribution in [-0.4, -0.2) is 35.4 Å². The molecule has 0 spiro atoms. The molecule has 1 N–H and O–H groups in total. The minimum Gasteiger partial charge on any atom is -0.457 e. The van der Waals surface area contributed by atoms with E-state index >= 15 is 0 Å². The van der Waals surface area contributed by atoms with Crippen LogP contribution in [0.15, 0.2) is 59.0 Å². The Morgan fingerprint density at radius 3 is 2.80 bits per heavy atom. The van der Waals surface area contributed by atoms with Crippen LogP contribution >= 0.6 is 0 Å². The van der Waals surface area contributed by atoms with E-state index in [0.29, 0.717) is 19.0 Å². The number of aryl methyl sites for hydroxylation is 1. The van der Waals surface area contributed by atoms with Gasteiger partial charge in [0, 0.05) is 25.2 Å². The van der Waals surface area contributed by atoms with Crippen molar-refractivity contribution >= 4 is 5.91 Å². The standard InChI is InChI=1S/C24H27N3O3/c1-3-25-23(28)19-12-13-27(15-19)16-22-17(2)29-24(26-22)18-8-7-11-21(14-18)30-20-9-5-4-6-10-20/h4-11,14,19H,3,12-13,15-16H2,1-2H3,(H,25,28)/t19-/m0/s1. The first-order valence-electron chi connectivity index (χ1n) is 10.4. The number of rotatable bonds is 7. The van der Waals surface area contributed by atoms with Gasteiger partial charge in [-0.3, -0.25) is 9.69 Å². The van der Waals surface area contributed by atoms with Crippen molar-refractivity contribution in [2.45, 2.75) is 26.8 Å². The van der Waals surface area contributed by atoms with Crippen LogP contribution in [0.5, 0.6) is 11.5 Å². The lowest BCUT2D eigenvalue weighted by molar-refractivity contribution is -0.124. The second-order valence-electron chi connectivity index (χ2n) is 7.58. The van der Waals surface area contributed by atoms with E-state index in [1.807, 2.05) is 68.4 Å². The molecule has 6 heteroatoms. The minimum absolute atomic E-state index is 0.0587. The van der Waals surface area contributed by atoms with Crippen LogP contribution in [0.1, 0.15) is 24.8 Å². The first kappa shape index (κ1) is 20.2. The molecular weight excluding hydrogens is 378 g/mol. The number of carbonyl (C=O) groups is 1. The lowest BCUT2D eigenvalue weighted by atomic mass is 10.1. The normalized spacial score (nSPS) is 16.5. The molecule has 3 aromatic rings. The number of hydrogen-bond donors (Lipinski definition) is 1. The maximum Gasteiger partial charge on any atom is 0.226 e. The first-order chi connectivity index (χ1) is 14.6. The maximum atomic E-state index is 12.1. The number of likely N-dealkylation sites (tertiary alicyclic amines) is 1. The maximum absolute atomic E-state index is 12.1. The van der Waals surface area contributed by atoms with Gasteiger partial charge in [0.15, 0.2) is 0 Å². The predicted molar refractivity (Wildman–Crippen MR) is 115 cm³/mol. The largest absolute Gasteiger partial charge is 0.457 e. The molecule has 1 aliphatic rings. The molecule has 4 rings (SSSR count). The number of nitrogens with zero attached hydrogens (tertiary/aromatic N) is 2. The molecule has 0 aliphatic carbocycles. The van der Waals surface area contributed by atoms with Gasteiger partial charge in [-0.2, -0.15) is 0 Å². The summed E-state index contributed by atoms with van der Waals surface area (Å²) in [6.07, 6.45) is 0.883. The predicted octanol–water partition coefficient (Wildman–Crippen LogP) is 4.40. The molecule has 30 heavy (non-hydrogen) atoms. The van der Waals surface area contributed by atoms with Crippen LogP contribution in [0, 0.1) is 12.8 Å². The Hall–Kier alpha value is -3.12. The van der Waals surface area contributed by atoms with E-state index in [-0.39, 0.29) is 11.8 Å². The lowest BCUT2D eigenvalue weighted by Crippen LogP contribution is -2.32. The van der Waals surface area contributed by atoms with Gasteiger partial charge in [0.1, 0.15) is 17.3 Å². The van der Waals surface area contributed by atoms with Crippen LogP contribution in [-0.2, 0) is 11.3 Å². The molecule has 156 valence electrons. The highest BCUT2D eigenvalue weighted by atomic mass is 16.5. The number of aromatic nitrogens is 1. The number of nitrogens with one attached hydrogen (secondary N) is 1. The Bertz CT molecular complexity index is 1000. The average molecular weight is 405 g/mol. The summed E-state index contributed by atoms with van der Waals surface area (Å²) in [7, 11) is 0. The van der Waals surface area contributed by atoms with Crippen LogP contribution in [0.25, 0.3) is 11.5 Å². The quantitative estimate of drug-likeness (QED) is 0.631. The third-order valence-corrected chi connectivity index (χ3v) is 5.32. The van der Waals surface area contributed by atoms with Crippen molar-refractivity contribution in [1.29, 1.82) is 0 Å². The van der Waals surface area contributed by atoms with E-state index in [9.17, 15) is 4.79 Å². The molecule has 0 radical (unpaired) electrons. The van der Waals surface area contributed by atoms with E-state index in [0.717, 1.165) is 48.0 Å². The van der Waals surface area contributed by atoms with Crippen molar-refractivity contribution < 1.29 is 13.9 Å². The zero-order valence-electron chi connectivity index (χ0n) is 17.4. The second kappa shape index (κ2) is 9.13. The van der Waals surface area contributed by atoms with Crippen LogP contribution in [0.4, 0.5) is 0 Å². The Kier molecular flexibility index (Phi) is 6.14. The summed E-state index contributed by atoms with van der Waals surface area (Å²) < 4.78 is 11.9. The fraction of sp³-hybridized carbons (Fsp3) is 0.333. The van der Waals surface area contributed by atoms with E-state index in [4.69, 9.17) is 14.1 Å². The highest BCUT2D eigenvalue weighted by molar-refractivity contribution is 5.79. The van der Waals surface area contributed by atoms with Crippen molar-refractivity contribution in [2.24, 2.45) is 5.92 Å². The molecule has 2 aromatic carbocycles. The molecule has 0 bridgehead atoms. The zero-order valence-corrected chi connectivity index (χ0v) is 17.4. The molecular formula is C24H27N3O3. The molecule has 1 amide bonds. The van der Waals surface area contributed by atoms with E-state index < -0.39 is 0 Å². The molecule has 1 fully saturated rings. The summed E-state index contributed by atoms with van der Waals surface area (Å²) in [4.78, 5) is 19.1. The Morgan fingerprint density at radius 2 is 2.00 bits per heavy atom. The van der Waals surface area contributed by atoms with Crippen molar-refractivity contribution in [3.05, 3.63) is 66.1 Å². The highest BCUT2D eigenvalue weighted by Crippen LogP contribution is 2.29. The van der Waals surface area contributed by atoms with Crippen LogP contribution < -0.4 is 10.1 Å². The van der Waals surface area contributed by atoms with Crippen LogP contribution in [0.2, 0.25) is 0 Å². The zero-order chi connectivity index (χ0) is 20.9. The van der Waals surface area contributed by atoms with Crippen molar-refractivity contribution in [2.75, 3.05) is 19.6 Å². The van der Waals surface area contributed by atoms with Crippen LogP contribution in [0.3, 0.4) is 0 Å². The summed E-state index contributed by atoms with van der Waals surface area (Å²) in [6, 6.07) is 17.4. The number of para-hydroxylation sites is 1. The highest BCUT2D eigenvalue weighted by Gasteiger charge is 2.29. The number of ether oxygens (including phenoxy) is 1. The average Bonchev–Trinajstić information content (AvgIpc) is 3.37. The van der Waals surface area contributed by atoms with Gasteiger partial charge in [-0.25, -0.2) is 4.98 Å². The number of carbonyl (C=O) groups excluding carboxylic acids is 1. The molecule has 0 unspecified atom stereocenters. The molecule has 0 saturated carbocycles. The van der Waals surface area contributed by atoms with Gasteiger partial charge in [-0.05, 0) is 57.1 Å². The fourth-order valence-corrected chi connectivity index (χ4v) is 3.74. The lowest BCUT2D eigenvalue weighted by Gasteiger charge is -2.14. The smallest absolute Gasteiger partial charge is 0.226 e. The molecule has 1 aromatic heterocycles. The van der Waals surface area contributed by atoms with Gasteiger partial charge in [0.2, 0.25) is 11.8 Å². The minimum atomic E-state index is 0.0587. The molecule has 1 aliphatic heterocycles. The number of amides is 1. The van der Waals surface area contributed by atoms with Gasteiger partial charge in [-0.1, -0.05) is 24.3 Å². The van der Waals surface area contributed by atoms with Gasteiger partial charge in [0.25, 0.3) is 0 Å². The van der Waals surface area contributed by atoms with Crippen molar-refractivity contribution in [1.82, 2.24) is 15.2 Å². The van der Waals surface area contributed by atoms with Gasteiger partial charge in [0.05, 0.1) is 11.6 Å². The van der Waals surface area contributed by atoms with E-state index in [1.54, 1.807) is 0 Å². The third-order valence-electron chi connectivity index (χ3n) is 5.32. The molecule has 2 heterocycles. The van der Waals surface area contributed by atoms with Crippen molar-refractivity contribution in [3.63, 3.8) is 0 Å². The number of hydrogen-bond acceptors (Lipinski definition) is 5.